The van der Waals surface area contributed by atoms with E-state index in [2.05, 4.69) is 15.9 Å². The van der Waals surface area contributed by atoms with Crippen molar-refractivity contribution in [1.29, 1.82) is 0 Å². The van der Waals surface area contributed by atoms with Gasteiger partial charge in [0.15, 0.2) is 12.4 Å². The summed E-state index contributed by atoms with van der Waals surface area (Å²) in [5.41, 5.74) is 0.587. The maximum Gasteiger partial charge on any atom is 0.200 e. The third kappa shape index (κ3) is 3.58. The molecule has 98 valence electrons. The van der Waals surface area contributed by atoms with Gasteiger partial charge in [-0.2, -0.15) is 0 Å². The lowest BCUT2D eigenvalue weighted by molar-refractivity contribution is 0.0921. The molecule has 0 aliphatic heterocycles. The Hall–Kier alpha value is -1.81. The first-order chi connectivity index (χ1) is 9.20. The van der Waals surface area contributed by atoms with Crippen molar-refractivity contribution in [1.82, 2.24) is 0 Å². The van der Waals surface area contributed by atoms with Gasteiger partial charge in [-0.25, -0.2) is 0 Å². The molecular weight excluding hydrogens is 308 g/mol. The van der Waals surface area contributed by atoms with Crippen LogP contribution in [0, 0.1) is 0 Å². The number of benzene rings is 2. The number of carbonyl (C=O) groups excluding carboxylic acids is 1. The molecule has 0 aliphatic rings. The van der Waals surface area contributed by atoms with E-state index < -0.39 is 0 Å². The molecule has 0 saturated heterocycles. The molecule has 0 unspecified atom stereocenters. The number of carbonyl (C=O) groups is 1. The van der Waals surface area contributed by atoms with Gasteiger partial charge < -0.3 is 9.47 Å². The molecule has 0 spiro atoms. The van der Waals surface area contributed by atoms with E-state index in [1.54, 1.807) is 25.3 Å². The van der Waals surface area contributed by atoms with E-state index in [1.807, 2.05) is 30.3 Å². The molecule has 2 aromatic carbocycles. The van der Waals surface area contributed by atoms with Crippen molar-refractivity contribution in [3.05, 3.63) is 58.6 Å². The van der Waals surface area contributed by atoms with Gasteiger partial charge in [0.05, 0.1) is 11.6 Å². The van der Waals surface area contributed by atoms with Gasteiger partial charge in [0.1, 0.15) is 11.5 Å². The third-order valence-corrected chi connectivity index (χ3v) is 3.21. The number of ether oxygens (including phenoxy) is 2. The monoisotopic (exact) mass is 320 g/mol. The van der Waals surface area contributed by atoms with Crippen molar-refractivity contribution in [2.45, 2.75) is 0 Å². The van der Waals surface area contributed by atoms with E-state index in [0.717, 1.165) is 4.47 Å². The molecule has 0 atom stereocenters. The van der Waals surface area contributed by atoms with Crippen LogP contribution in [0.5, 0.6) is 11.5 Å². The van der Waals surface area contributed by atoms with Crippen LogP contribution < -0.4 is 9.47 Å². The van der Waals surface area contributed by atoms with Gasteiger partial charge in [-0.3, -0.25) is 4.79 Å². The minimum atomic E-state index is -0.0767. The van der Waals surface area contributed by atoms with Crippen LogP contribution in [0.2, 0.25) is 0 Å². The van der Waals surface area contributed by atoms with Gasteiger partial charge in [0, 0.05) is 5.56 Å². The molecule has 0 saturated carbocycles. The molecule has 2 rings (SSSR count). The molecule has 0 fully saturated rings. The van der Waals surface area contributed by atoms with Gasteiger partial charge in [-0.15, -0.1) is 0 Å². The highest BCUT2D eigenvalue weighted by molar-refractivity contribution is 9.10. The highest BCUT2D eigenvalue weighted by atomic mass is 79.9. The molecule has 0 aliphatic carbocycles. The average molecular weight is 321 g/mol. The average Bonchev–Trinajstić information content (AvgIpc) is 2.45. The van der Waals surface area contributed by atoms with Crippen LogP contribution in [0.4, 0.5) is 0 Å². The molecule has 3 nitrogen and oxygen atoms in total. The van der Waals surface area contributed by atoms with E-state index >= 15 is 0 Å². The molecule has 4 heteroatoms. The summed E-state index contributed by atoms with van der Waals surface area (Å²) in [6, 6.07) is 14.5. The van der Waals surface area contributed by atoms with Crippen LogP contribution in [0.1, 0.15) is 10.4 Å². The molecule has 0 N–H and O–H groups in total. The van der Waals surface area contributed by atoms with E-state index in [1.165, 1.54) is 0 Å². The first-order valence-electron chi connectivity index (χ1n) is 5.75. The summed E-state index contributed by atoms with van der Waals surface area (Å²) in [5, 5.41) is 0. The largest absolute Gasteiger partial charge is 0.496 e. The van der Waals surface area contributed by atoms with Gasteiger partial charge in [0.25, 0.3) is 0 Å². The van der Waals surface area contributed by atoms with E-state index in [4.69, 9.17) is 9.47 Å². The molecule has 19 heavy (non-hydrogen) atoms. The Bertz CT molecular complexity index is 567. The maximum absolute atomic E-state index is 12.0. The summed E-state index contributed by atoms with van der Waals surface area (Å²) in [5.74, 6) is 1.30. The van der Waals surface area contributed by atoms with Crippen molar-refractivity contribution >= 4 is 21.7 Å². The van der Waals surface area contributed by atoms with Gasteiger partial charge in [-0.05, 0) is 46.3 Å². The Kier molecular flexibility index (Phi) is 4.58. The number of para-hydroxylation sites is 1. The molecule has 0 heterocycles. The van der Waals surface area contributed by atoms with Crippen LogP contribution >= 0.6 is 15.9 Å². The van der Waals surface area contributed by atoms with Crippen molar-refractivity contribution < 1.29 is 14.3 Å². The Morgan fingerprint density at radius 1 is 1.16 bits per heavy atom. The summed E-state index contributed by atoms with van der Waals surface area (Å²) in [4.78, 5) is 12.0. The second kappa shape index (κ2) is 6.38. The molecule has 2 aromatic rings. The van der Waals surface area contributed by atoms with E-state index in [0.29, 0.717) is 17.1 Å². The number of halogens is 1. The number of hydrogen-bond acceptors (Lipinski definition) is 3. The summed E-state index contributed by atoms with van der Waals surface area (Å²) in [6.07, 6.45) is 0. The summed E-state index contributed by atoms with van der Waals surface area (Å²) in [7, 11) is 1.58. The quantitative estimate of drug-likeness (QED) is 0.788. The number of methoxy groups -OCH3 is 1. The predicted octanol–water partition coefficient (Wildman–Crippen LogP) is 3.72. The summed E-state index contributed by atoms with van der Waals surface area (Å²) < 4.78 is 11.3. The van der Waals surface area contributed by atoms with Crippen LogP contribution in [0.15, 0.2) is 53.0 Å². The fraction of sp³-hybridized carbons (Fsp3) is 0.133. The smallest absolute Gasteiger partial charge is 0.200 e. The summed E-state index contributed by atoms with van der Waals surface area (Å²) in [6.45, 7) is 0.0166. The molecule has 0 radical (unpaired) electrons. The van der Waals surface area contributed by atoms with E-state index in [-0.39, 0.29) is 12.4 Å². The molecule has 0 amide bonds. The van der Waals surface area contributed by atoms with E-state index in [9.17, 15) is 4.79 Å². The lowest BCUT2D eigenvalue weighted by atomic mass is 10.1. The van der Waals surface area contributed by atoms with Gasteiger partial charge in [0.2, 0.25) is 0 Å². The highest BCUT2D eigenvalue weighted by Crippen LogP contribution is 2.25. The zero-order chi connectivity index (χ0) is 13.7. The van der Waals surface area contributed by atoms with Crippen molar-refractivity contribution in [2.75, 3.05) is 13.7 Å². The SMILES string of the molecule is COc1ccc(C(=O)COc2ccccc2)cc1Br. The zero-order valence-electron chi connectivity index (χ0n) is 10.4. The Balaban J connectivity index is 2.02. The standard InChI is InChI=1S/C15H13BrO3/c1-18-15-8-7-11(9-13(15)16)14(17)10-19-12-5-3-2-4-6-12/h2-9H,10H2,1H3. The van der Waals surface area contributed by atoms with Crippen molar-refractivity contribution in [3.63, 3.8) is 0 Å². The maximum atomic E-state index is 12.0. The van der Waals surface area contributed by atoms with Crippen LogP contribution in [0.25, 0.3) is 0 Å². The minimum Gasteiger partial charge on any atom is -0.496 e. The van der Waals surface area contributed by atoms with Crippen molar-refractivity contribution in [3.8, 4) is 11.5 Å². The Morgan fingerprint density at radius 2 is 1.89 bits per heavy atom. The molecular formula is C15H13BrO3. The minimum absolute atomic E-state index is 0.0166. The van der Waals surface area contributed by atoms with Crippen LogP contribution in [-0.4, -0.2) is 19.5 Å². The van der Waals surface area contributed by atoms with Gasteiger partial charge in [-0.1, -0.05) is 18.2 Å². The molecule has 0 aromatic heterocycles. The number of Topliss-reactive ketones (excluding diaryl/α,β-unsaturated/α-hetero) is 1. The van der Waals surface area contributed by atoms with Crippen LogP contribution in [0.3, 0.4) is 0 Å². The van der Waals surface area contributed by atoms with Crippen molar-refractivity contribution in [2.24, 2.45) is 0 Å². The lowest BCUT2D eigenvalue weighted by Crippen LogP contribution is -2.11. The first kappa shape index (κ1) is 13.6. The lowest BCUT2D eigenvalue weighted by Gasteiger charge is -2.07. The fourth-order valence-corrected chi connectivity index (χ4v) is 2.13. The first-order valence-corrected chi connectivity index (χ1v) is 6.54. The van der Waals surface area contributed by atoms with Gasteiger partial charge >= 0.3 is 0 Å². The number of hydrogen-bond donors (Lipinski definition) is 0. The Labute approximate surface area is 120 Å². The summed E-state index contributed by atoms with van der Waals surface area (Å²) >= 11 is 3.35. The molecule has 0 bridgehead atoms. The second-order valence-electron chi connectivity index (χ2n) is 3.87. The number of rotatable bonds is 5. The zero-order valence-corrected chi connectivity index (χ0v) is 12.0. The number of ketones is 1. The highest BCUT2D eigenvalue weighted by Gasteiger charge is 2.09. The Morgan fingerprint density at radius 3 is 2.53 bits per heavy atom. The topological polar surface area (TPSA) is 35.5 Å². The third-order valence-electron chi connectivity index (χ3n) is 2.59. The van der Waals surface area contributed by atoms with Crippen LogP contribution in [-0.2, 0) is 0 Å². The fourth-order valence-electron chi connectivity index (χ4n) is 1.59. The normalized spacial score (nSPS) is 10.0. The predicted molar refractivity (Wildman–Crippen MR) is 77.0 cm³/mol. The second-order valence-corrected chi connectivity index (χ2v) is 4.73.